The molecule has 3 rings (SSSR count). The Labute approximate surface area is 217 Å². The van der Waals surface area contributed by atoms with E-state index in [0.717, 1.165) is 30.5 Å². The molecule has 0 spiro atoms. The molecule has 1 saturated heterocycles. The Balaban J connectivity index is 0.00000363. The number of carbonyl (C=O) groups excluding carboxylic acids is 1. The summed E-state index contributed by atoms with van der Waals surface area (Å²) < 4.78 is 33.3. The van der Waals surface area contributed by atoms with E-state index in [0.29, 0.717) is 10.6 Å². The van der Waals surface area contributed by atoms with Crippen LogP contribution >= 0.6 is 11.6 Å². The van der Waals surface area contributed by atoms with E-state index in [2.05, 4.69) is 19.4 Å². The average Bonchev–Trinajstić information content (AvgIpc) is 3.27. The minimum Gasteiger partial charge on any atom is -0.533 e. The number of aryl methyl sites for hydroxylation is 1. The zero-order valence-electron chi connectivity index (χ0n) is 19.2. The molecule has 2 heterocycles. The third kappa shape index (κ3) is 7.28. The maximum atomic E-state index is 12.8. The molecule has 1 aliphatic rings. The smallest absolute Gasteiger partial charge is 0.533 e. The Hall–Kier alpha value is -0.940. The number of likely N-dealkylation sites (N-methyl/N-ethyl adjacent to an activating group) is 1. The summed E-state index contributed by atoms with van der Waals surface area (Å²) in [5, 5.41) is 4.67. The number of halogens is 1. The number of rotatable bonds is 8. The fourth-order valence-corrected chi connectivity index (χ4v) is 5.23. The summed E-state index contributed by atoms with van der Waals surface area (Å²) in [5.74, 6) is -0.507. The Morgan fingerprint density at radius 1 is 1.28 bits per heavy atom. The van der Waals surface area contributed by atoms with E-state index in [4.69, 9.17) is 11.6 Å². The van der Waals surface area contributed by atoms with Crippen molar-refractivity contribution in [3.8, 4) is 0 Å². The topological polar surface area (TPSA) is 98.4 Å². The van der Waals surface area contributed by atoms with Crippen molar-refractivity contribution in [2.45, 2.75) is 51.1 Å². The van der Waals surface area contributed by atoms with Crippen LogP contribution in [0.4, 0.5) is 0 Å². The number of hydrogen-bond donors (Lipinski definition) is 1. The van der Waals surface area contributed by atoms with Gasteiger partial charge in [-0.3, -0.25) is 4.68 Å². The molecule has 0 saturated carbocycles. The van der Waals surface area contributed by atoms with Crippen molar-refractivity contribution in [1.29, 1.82) is 0 Å². The maximum absolute atomic E-state index is 12.8. The van der Waals surface area contributed by atoms with Crippen LogP contribution in [0.25, 0.3) is 4.72 Å². The molecule has 0 bridgehead atoms. The van der Waals surface area contributed by atoms with Crippen molar-refractivity contribution in [3.05, 3.63) is 57.0 Å². The molecular weight excluding hydrogens is 461 g/mol. The first kappa shape index (κ1) is 27.3. The van der Waals surface area contributed by atoms with Gasteiger partial charge >= 0.3 is 29.6 Å². The molecule has 1 unspecified atom stereocenters. The van der Waals surface area contributed by atoms with Crippen molar-refractivity contribution < 1.29 is 42.8 Å². The molecule has 0 aliphatic carbocycles. The zero-order valence-corrected chi connectivity index (χ0v) is 22.8. The number of aromatic nitrogens is 2. The molecule has 0 radical (unpaired) electrons. The number of nitrogens with zero attached hydrogens (tertiary/aromatic N) is 4. The van der Waals surface area contributed by atoms with Crippen molar-refractivity contribution in [2.24, 2.45) is 7.05 Å². The van der Waals surface area contributed by atoms with Crippen LogP contribution in [0.3, 0.4) is 0 Å². The summed E-state index contributed by atoms with van der Waals surface area (Å²) in [6.07, 6.45) is 5.10. The quantitative estimate of drug-likeness (QED) is 0.538. The molecule has 2 atom stereocenters. The van der Waals surface area contributed by atoms with E-state index in [9.17, 15) is 13.2 Å². The van der Waals surface area contributed by atoms with Crippen molar-refractivity contribution in [3.63, 3.8) is 0 Å². The van der Waals surface area contributed by atoms with Crippen LogP contribution in [0.2, 0.25) is 5.02 Å². The van der Waals surface area contributed by atoms with Gasteiger partial charge in [0.2, 0.25) is 0 Å². The van der Waals surface area contributed by atoms with Crippen LogP contribution in [-0.2, 0) is 28.5 Å². The van der Waals surface area contributed by atoms with Gasteiger partial charge in [0, 0.05) is 36.3 Å². The van der Waals surface area contributed by atoms with E-state index < -0.39 is 22.2 Å². The molecule has 170 valence electrons. The first-order valence-corrected chi connectivity index (χ1v) is 12.1. The van der Waals surface area contributed by atoms with E-state index in [1.165, 1.54) is 0 Å². The van der Waals surface area contributed by atoms with Gasteiger partial charge in [0.15, 0.2) is 10.2 Å². The second-order valence-corrected chi connectivity index (χ2v) is 10.2. The number of nitrogens with one attached hydrogen (secondary N) is 1. The second kappa shape index (κ2) is 11.5. The van der Waals surface area contributed by atoms with Gasteiger partial charge in [0.25, 0.3) is 0 Å². The van der Waals surface area contributed by atoms with Gasteiger partial charge in [-0.15, -0.1) is 0 Å². The number of amides is 1. The summed E-state index contributed by atoms with van der Waals surface area (Å²) in [6.45, 7) is 4.93. The van der Waals surface area contributed by atoms with Crippen LogP contribution in [-0.4, -0.2) is 48.6 Å². The first-order valence-electron chi connectivity index (χ1n) is 10.3. The zero-order chi connectivity index (χ0) is 22.8. The summed E-state index contributed by atoms with van der Waals surface area (Å²) in [5.41, 5.74) is 2.36. The molecule has 1 aromatic carbocycles. The summed E-state index contributed by atoms with van der Waals surface area (Å²) >= 11 is 6.15. The summed E-state index contributed by atoms with van der Waals surface area (Å²) in [4.78, 5) is 14.6. The Kier molecular flexibility index (Phi) is 9.78. The monoisotopic (exact) mass is 489 g/mol. The van der Waals surface area contributed by atoms with Crippen LogP contribution in [0, 0.1) is 0 Å². The van der Waals surface area contributed by atoms with Gasteiger partial charge in [0.05, 0.1) is 18.1 Å². The fraction of sp³-hybridized carbons (Fsp3) is 0.524. The Bertz CT molecular complexity index is 1040. The standard InChI is InChI=1S/C21H30ClN5O3S.Na/c1-14(2)16-8-15(9-18(22)11-16)10-20(28)24-31(29,30)25-21(17-12-23-27(4)13-17)19-6-5-7-26(19)3;/h8-9,11-14,19,21,25H,5-7,10H2,1-4H3,(H,24,28);/q;+1/p-1/t19-,21?;/m0./s1. The van der Waals surface area contributed by atoms with Crippen LogP contribution in [0.1, 0.15) is 55.3 Å². The third-order valence-electron chi connectivity index (χ3n) is 5.55. The normalized spacial score (nSPS) is 17.9. The van der Waals surface area contributed by atoms with E-state index >= 15 is 0 Å². The molecule has 32 heavy (non-hydrogen) atoms. The third-order valence-corrected chi connectivity index (χ3v) is 6.76. The summed E-state index contributed by atoms with van der Waals surface area (Å²) in [7, 11) is -0.471. The Morgan fingerprint density at radius 2 is 2.00 bits per heavy atom. The maximum Gasteiger partial charge on any atom is 1.00 e. The molecule has 1 amide bonds. The number of hydrogen-bond acceptors (Lipinski definition) is 5. The predicted molar refractivity (Wildman–Crippen MR) is 121 cm³/mol. The molecule has 1 N–H and O–H groups in total. The van der Waals surface area contributed by atoms with Crippen molar-refractivity contribution in [2.75, 3.05) is 13.6 Å². The van der Waals surface area contributed by atoms with E-state index in [-0.39, 0.29) is 47.9 Å². The van der Waals surface area contributed by atoms with Gasteiger partial charge in [-0.2, -0.15) is 5.10 Å². The largest absolute Gasteiger partial charge is 1.00 e. The van der Waals surface area contributed by atoms with Gasteiger partial charge in [-0.25, -0.2) is 13.1 Å². The van der Waals surface area contributed by atoms with Gasteiger partial charge in [-0.05, 0) is 55.6 Å². The number of carbonyl (C=O) groups is 1. The Morgan fingerprint density at radius 3 is 2.56 bits per heavy atom. The van der Waals surface area contributed by atoms with Gasteiger partial charge in [0.1, 0.15) is 0 Å². The number of benzene rings is 1. The molecule has 1 aliphatic heterocycles. The van der Waals surface area contributed by atoms with Crippen molar-refractivity contribution in [1.82, 2.24) is 19.4 Å². The molecule has 1 fully saturated rings. The van der Waals surface area contributed by atoms with Gasteiger partial charge in [-0.1, -0.05) is 31.5 Å². The molecule has 1 aromatic heterocycles. The van der Waals surface area contributed by atoms with Crippen LogP contribution in [0.5, 0.6) is 0 Å². The van der Waals surface area contributed by atoms with E-state index in [1.54, 1.807) is 30.2 Å². The van der Waals surface area contributed by atoms with Crippen LogP contribution in [0.15, 0.2) is 30.6 Å². The molecule has 2 aromatic rings. The first-order chi connectivity index (χ1) is 14.5. The average molecular weight is 490 g/mol. The van der Waals surface area contributed by atoms with Crippen molar-refractivity contribution >= 4 is 27.7 Å². The molecule has 8 nitrogen and oxygen atoms in total. The summed E-state index contributed by atoms with van der Waals surface area (Å²) in [6, 6.07) is 4.78. The van der Waals surface area contributed by atoms with Crippen LogP contribution < -0.4 is 34.3 Å². The molecular formula is C21H29ClN5NaO3S. The van der Waals surface area contributed by atoms with Gasteiger partial charge < -0.3 is 14.4 Å². The minimum atomic E-state index is -4.21. The fourth-order valence-electron chi connectivity index (χ4n) is 3.97. The molecule has 11 heteroatoms. The number of likely N-dealkylation sites (tertiary alicyclic amines) is 1. The SMILES string of the molecule is CC(C)c1cc(Cl)cc(CC(=O)[N-]S(=O)(=O)NC(c2cnn(C)c2)[C@@H]2CCCN2C)c1.[Na+]. The second-order valence-electron chi connectivity index (χ2n) is 8.42. The predicted octanol–water partition coefficient (Wildman–Crippen LogP) is 0.314. The van der Waals surface area contributed by atoms with E-state index in [1.807, 2.05) is 33.0 Å². The minimum absolute atomic E-state index is 0.